The van der Waals surface area contributed by atoms with E-state index in [1.165, 1.54) is 6.07 Å². The Balaban J connectivity index is 2.30. The van der Waals surface area contributed by atoms with Gasteiger partial charge in [-0.25, -0.2) is 4.79 Å². The second-order valence-electron chi connectivity index (χ2n) is 4.55. The molecule has 106 valence electrons. The summed E-state index contributed by atoms with van der Waals surface area (Å²) in [7, 11) is 0. The molecular formula is C14H20ClNO3. The fourth-order valence-corrected chi connectivity index (χ4v) is 1.84. The van der Waals surface area contributed by atoms with E-state index in [-0.39, 0.29) is 16.7 Å². The Morgan fingerprint density at radius 2 is 2.16 bits per heavy atom. The zero-order chi connectivity index (χ0) is 14.3. The molecule has 19 heavy (non-hydrogen) atoms. The van der Waals surface area contributed by atoms with Gasteiger partial charge in [0.15, 0.2) is 0 Å². The summed E-state index contributed by atoms with van der Waals surface area (Å²) in [6, 6.07) is 4.87. The Hall–Kier alpha value is -1.26. The lowest BCUT2D eigenvalue weighted by molar-refractivity contribution is 0.0696. The summed E-state index contributed by atoms with van der Waals surface area (Å²) >= 11 is 5.88. The van der Waals surface area contributed by atoms with Gasteiger partial charge in [-0.2, -0.15) is 0 Å². The number of rotatable bonds is 8. The fourth-order valence-electron chi connectivity index (χ4n) is 1.58. The highest BCUT2D eigenvalue weighted by Gasteiger charge is 2.08. The fraction of sp³-hybridized carbons (Fsp3) is 0.500. The molecule has 0 saturated heterocycles. The maximum absolute atomic E-state index is 10.8. The number of unbranched alkanes of at least 4 members (excludes halogenated alkanes) is 1. The van der Waals surface area contributed by atoms with E-state index in [1.54, 1.807) is 12.1 Å². The summed E-state index contributed by atoms with van der Waals surface area (Å²) in [5.74, 6) is -1.01. The Bertz CT molecular complexity index is 421. The normalized spacial score (nSPS) is 10.7. The lowest BCUT2D eigenvalue weighted by Crippen LogP contribution is -2.07. The van der Waals surface area contributed by atoms with Gasteiger partial charge in [0.25, 0.3) is 0 Å². The molecule has 0 saturated carbocycles. The van der Waals surface area contributed by atoms with Crippen molar-refractivity contribution in [2.75, 3.05) is 18.5 Å². The quantitative estimate of drug-likeness (QED) is 0.716. The van der Waals surface area contributed by atoms with Crippen molar-refractivity contribution in [1.29, 1.82) is 0 Å². The second kappa shape index (κ2) is 8.02. The third-order valence-corrected chi connectivity index (χ3v) is 2.86. The Morgan fingerprint density at radius 1 is 1.42 bits per heavy atom. The van der Waals surface area contributed by atoms with Crippen LogP contribution in [0.15, 0.2) is 18.2 Å². The van der Waals surface area contributed by atoms with E-state index in [9.17, 15) is 4.79 Å². The maximum Gasteiger partial charge on any atom is 0.337 e. The highest BCUT2D eigenvalue weighted by atomic mass is 35.5. The van der Waals surface area contributed by atoms with Crippen molar-refractivity contribution in [3.63, 3.8) is 0 Å². The molecule has 0 spiro atoms. The molecule has 0 atom stereocenters. The van der Waals surface area contributed by atoms with E-state index in [2.05, 4.69) is 5.32 Å². The minimum absolute atomic E-state index is 0.123. The summed E-state index contributed by atoms with van der Waals surface area (Å²) < 4.78 is 5.44. The third-order valence-electron chi connectivity index (χ3n) is 2.55. The maximum atomic E-state index is 10.8. The molecule has 5 heteroatoms. The smallest absolute Gasteiger partial charge is 0.337 e. The van der Waals surface area contributed by atoms with E-state index in [4.69, 9.17) is 21.4 Å². The van der Waals surface area contributed by atoms with Crippen molar-refractivity contribution in [2.45, 2.75) is 32.8 Å². The van der Waals surface area contributed by atoms with Crippen LogP contribution >= 0.6 is 11.6 Å². The van der Waals surface area contributed by atoms with Gasteiger partial charge in [0.2, 0.25) is 0 Å². The number of ether oxygens (including phenoxy) is 1. The summed E-state index contributed by atoms with van der Waals surface area (Å²) in [6.07, 6.45) is 2.26. The number of anilines is 1. The van der Waals surface area contributed by atoms with Crippen molar-refractivity contribution in [3.05, 3.63) is 28.8 Å². The first-order valence-electron chi connectivity index (χ1n) is 6.39. The molecule has 0 radical (unpaired) electrons. The lowest BCUT2D eigenvalue weighted by Gasteiger charge is -2.09. The van der Waals surface area contributed by atoms with Gasteiger partial charge in [-0.1, -0.05) is 11.6 Å². The van der Waals surface area contributed by atoms with Crippen LogP contribution < -0.4 is 5.32 Å². The monoisotopic (exact) mass is 285 g/mol. The molecule has 0 aliphatic carbocycles. The molecule has 0 aliphatic heterocycles. The van der Waals surface area contributed by atoms with Crippen LogP contribution in [0.1, 0.15) is 37.0 Å². The van der Waals surface area contributed by atoms with Crippen molar-refractivity contribution in [1.82, 2.24) is 0 Å². The first-order chi connectivity index (χ1) is 9.00. The van der Waals surface area contributed by atoms with Gasteiger partial charge in [0.05, 0.1) is 16.7 Å². The molecular weight excluding hydrogens is 266 g/mol. The molecule has 0 unspecified atom stereocenters. The Morgan fingerprint density at radius 3 is 2.74 bits per heavy atom. The molecule has 0 bridgehead atoms. The summed E-state index contributed by atoms with van der Waals surface area (Å²) in [5.41, 5.74) is 0.956. The average Bonchev–Trinajstić information content (AvgIpc) is 2.32. The number of hydrogen-bond acceptors (Lipinski definition) is 3. The topological polar surface area (TPSA) is 58.6 Å². The second-order valence-corrected chi connectivity index (χ2v) is 4.96. The van der Waals surface area contributed by atoms with E-state index in [0.29, 0.717) is 0 Å². The lowest BCUT2D eigenvalue weighted by atomic mass is 10.2. The molecule has 4 nitrogen and oxygen atoms in total. The number of carboxylic acids is 1. The van der Waals surface area contributed by atoms with Gasteiger partial charge < -0.3 is 15.2 Å². The summed E-state index contributed by atoms with van der Waals surface area (Å²) in [5, 5.41) is 12.3. The molecule has 1 aromatic rings. The molecule has 2 N–H and O–H groups in total. The number of aromatic carboxylic acids is 1. The standard InChI is InChI=1S/C14H20ClNO3/c1-10(2)19-8-4-3-7-16-11-5-6-12(14(17)18)13(15)9-11/h5-6,9-10,16H,3-4,7-8H2,1-2H3,(H,17,18). The van der Waals surface area contributed by atoms with Crippen molar-refractivity contribution < 1.29 is 14.6 Å². The van der Waals surface area contributed by atoms with E-state index >= 15 is 0 Å². The van der Waals surface area contributed by atoms with Crippen molar-refractivity contribution in [3.8, 4) is 0 Å². The van der Waals surface area contributed by atoms with Crippen molar-refractivity contribution >= 4 is 23.3 Å². The summed E-state index contributed by atoms with van der Waals surface area (Å²) in [4.78, 5) is 10.8. The van der Waals surface area contributed by atoms with Gasteiger partial charge in [-0.3, -0.25) is 0 Å². The predicted molar refractivity (Wildman–Crippen MR) is 77.2 cm³/mol. The van der Waals surface area contributed by atoms with Gasteiger partial charge in [-0.05, 0) is 44.9 Å². The summed E-state index contributed by atoms with van der Waals surface area (Å²) in [6.45, 7) is 5.61. The number of benzene rings is 1. The molecule has 0 heterocycles. The van der Waals surface area contributed by atoms with E-state index < -0.39 is 5.97 Å². The van der Waals surface area contributed by atoms with E-state index in [1.807, 2.05) is 13.8 Å². The minimum Gasteiger partial charge on any atom is -0.478 e. The van der Waals surface area contributed by atoms with Crippen LogP contribution in [0.2, 0.25) is 5.02 Å². The van der Waals surface area contributed by atoms with Gasteiger partial charge in [0.1, 0.15) is 0 Å². The van der Waals surface area contributed by atoms with Crippen LogP contribution in [-0.4, -0.2) is 30.3 Å². The van der Waals surface area contributed by atoms with Gasteiger partial charge >= 0.3 is 5.97 Å². The Kier molecular flexibility index (Phi) is 6.67. The largest absolute Gasteiger partial charge is 0.478 e. The molecule has 1 rings (SSSR count). The zero-order valence-corrected chi connectivity index (χ0v) is 12.0. The highest BCUT2D eigenvalue weighted by Crippen LogP contribution is 2.20. The number of nitrogens with one attached hydrogen (secondary N) is 1. The van der Waals surface area contributed by atoms with Crippen LogP contribution in [-0.2, 0) is 4.74 Å². The number of hydrogen-bond donors (Lipinski definition) is 2. The number of halogens is 1. The zero-order valence-electron chi connectivity index (χ0n) is 11.3. The van der Waals surface area contributed by atoms with Crippen LogP contribution in [0, 0.1) is 0 Å². The number of carboxylic acid groups (broad SMARTS) is 1. The first kappa shape index (κ1) is 15.8. The van der Waals surface area contributed by atoms with Crippen LogP contribution in [0.5, 0.6) is 0 Å². The van der Waals surface area contributed by atoms with Gasteiger partial charge in [0, 0.05) is 18.8 Å². The van der Waals surface area contributed by atoms with Crippen molar-refractivity contribution in [2.24, 2.45) is 0 Å². The SMILES string of the molecule is CC(C)OCCCCNc1ccc(C(=O)O)c(Cl)c1. The molecule has 0 amide bonds. The Labute approximate surface area is 118 Å². The predicted octanol–water partition coefficient (Wildman–Crippen LogP) is 3.66. The number of carbonyl (C=O) groups is 1. The van der Waals surface area contributed by atoms with Crippen LogP contribution in [0.3, 0.4) is 0 Å². The minimum atomic E-state index is -1.01. The van der Waals surface area contributed by atoms with E-state index in [0.717, 1.165) is 31.7 Å². The van der Waals surface area contributed by atoms with Gasteiger partial charge in [-0.15, -0.1) is 0 Å². The third kappa shape index (κ3) is 5.94. The van der Waals surface area contributed by atoms with Crippen LogP contribution in [0.25, 0.3) is 0 Å². The van der Waals surface area contributed by atoms with Crippen LogP contribution in [0.4, 0.5) is 5.69 Å². The first-order valence-corrected chi connectivity index (χ1v) is 6.77. The molecule has 0 fully saturated rings. The molecule has 1 aromatic carbocycles. The molecule has 0 aromatic heterocycles. The average molecular weight is 286 g/mol. The molecule has 0 aliphatic rings. The highest BCUT2D eigenvalue weighted by molar-refractivity contribution is 6.33.